The zero-order valence-corrected chi connectivity index (χ0v) is 11.1. The molecule has 3 fully saturated rings. The minimum atomic E-state index is 0.0302. The Kier molecular flexibility index (Phi) is 3.65. The smallest absolute Gasteiger partial charge is 0.244 e. The number of nitrogens with zero attached hydrogens (tertiary/aromatic N) is 1. The van der Waals surface area contributed by atoms with E-state index in [9.17, 15) is 4.79 Å². The summed E-state index contributed by atoms with van der Waals surface area (Å²) >= 11 is 0. The second-order valence-corrected chi connectivity index (χ2v) is 5.50. The fraction of sp³-hybridized carbons (Fsp3) is 0.438. The molecule has 1 N–H and O–H groups in total. The summed E-state index contributed by atoms with van der Waals surface area (Å²) in [4.78, 5) is 14.4. The van der Waals surface area contributed by atoms with E-state index in [1.165, 1.54) is 25.9 Å². The number of hydrogen-bond acceptors (Lipinski definition) is 2. The van der Waals surface area contributed by atoms with Crippen LogP contribution in [0.1, 0.15) is 18.4 Å². The van der Waals surface area contributed by atoms with Gasteiger partial charge < -0.3 is 10.2 Å². The van der Waals surface area contributed by atoms with Crippen LogP contribution in [0.2, 0.25) is 0 Å². The van der Waals surface area contributed by atoms with Crippen LogP contribution >= 0.6 is 0 Å². The zero-order valence-electron chi connectivity index (χ0n) is 11.1. The Bertz CT molecular complexity index is 461. The van der Waals surface area contributed by atoms with E-state index in [4.69, 9.17) is 0 Å². The predicted octanol–water partition coefficient (Wildman–Crippen LogP) is 1.91. The molecule has 4 rings (SSSR count). The molecule has 1 aromatic rings. The average Bonchev–Trinajstić information content (AvgIpc) is 2.47. The van der Waals surface area contributed by atoms with Gasteiger partial charge in [-0.25, -0.2) is 0 Å². The zero-order chi connectivity index (χ0) is 13.1. The SMILES string of the molecule is O=C(C=Cc1ccccc1)N[C@@H]1CN2CCC1CC2. The Morgan fingerprint density at radius 1 is 1.21 bits per heavy atom. The van der Waals surface area contributed by atoms with Crippen molar-refractivity contribution in [2.45, 2.75) is 18.9 Å². The molecular formula is C16H20N2O. The first-order valence-electron chi connectivity index (χ1n) is 7.07. The lowest BCUT2D eigenvalue weighted by Gasteiger charge is -2.44. The molecule has 100 valence electrons. The summed E-state index contributed by atoms with van der Waals surface area (Å²) < 4.78 is 0. The van der Waals surface area contributed by atoms with Crippen molar-refractivity contribution in [3.63, 3.8) is 0 Å². The molecule has 3 aliphatic rings. The van der Waals surface area contributed by atoms with Gasteiger partial charge in [0.05, 0.1) is 0 Å². The van der Waals surface area contributed by atoms with E-state index in [0.717, 1.165) is 12.1 Å². The first-order valence-corrected chi connectivity index (χ1v) is 7.07. The van der Waals surface area contributed by atoms with Crippen molar-refractivity contribution >= 4 is 12.0 Å². The topological polar surface area (TPSA) is 32.3 Å². The van der Waals surface area contributed by atoms with Crippen LogP contribution in [0.25, 0.3) is 6.08 Å². The highest BCUT2D eigenvalue weighted by atomic mass is 16.1. The molecule has 3 aliphatic heterocycles. The fourth-order valence-corrected chi connectivity index (χ4v) is 3.10. The van der Waals surface area contributed by atoms with Gasteiger partial charge in [0.2, 0.25) is 5.91 Å². The molecule has 0 aliphatic carbocycles. The van der Waals surface area contributed by atoms with Crippen molar-refractivity contribution < 1.29 is 4.79 Å². The minimum absolute atomic E-state index is 0.0302. The average molecular weight is 256 g/mol. The number of hydrogen-bond donors (Lipinski definition) is 1. The Balaban J connectivity index is 1.55. The van der Waals surface area contributed by atoms with Crippen molar-refractivity contribution in [3.8, 4) is 0 Å². The van der Waals surface area contributed by atoms with Crippen LogP contribution in [-0.4, -0.2) is 36.5 Å². The summed E-state index contributed by atoms with van der Waals surface area (Å²) in [7, 11) is 0. The molecule has 0 radical (unpaired) electrons. The third-order valence-corrected chi connectivity index (χ3v) is 4.21. The molecule has 0 spiro atoms. The molecule has 0 saturated carbocycles. The summed E-state index contributed by atoms with van der Waals surface area (Å²) in [5.41, 5.74) is 1.06. The lowest BCUT2D eigenvalue weighted by molar-refractivity contribution is -0.118. The van der Waals surface area contributed by atoms with E-state index >= 15 is 0 Å². The highest BCUT2D eigenvalue weighted by molar-refractivity contribution is 5.91. The standard InChI is InChI=1S/C16H20N2O/c19-16(7-6-13-4-2-1-3-5-13)17-15-12-18-10-8-14(15)9-11-18/h1-7,14-15H,8-12H2,(H,17,19)/t15-/m1/s1. The van der Waals surface area contributed by atoms with Gasteiger partial charge in [-0.2, -0.15) is 0 Å². The van der Waals surface area contributed by atoms with Crippen molar-refractivity contribution in [1.82, 2.24) is 10.2 Å². The summed E-state index contributed by atoms with van der Waals surface area (Å²) in [6.45, 7) is 3.43. The lowest BCUT2D eigenvalue weighted by atomic mass is 9.84. The molecule has 3 nitrogen and oxygen atoms in total. The second-order valence-electron chi connectivity index (χ2n) is 5.50. The quantitative estimate of drug-likeness (QED) is 0.838. The van der Waals surface area contributed by atoms with Gasteiger partial charge in [0, 0.05) is 18.7 Å². The summed E-state index contributed by atoms with van der Waals surface area (Å²) in [5.74, 6) is 0.710. The normalized spacial score (nSPS) is 29.6. The van der Waals surface area contributed by atoms with Crippen molar-refractivity contribution in [2.75, 3.05) is 19.6 Å². The van der Waals surface area contributed by atoms with Crippen LogP contribution in [0.3, 0.4) is 0 Å². The third kappa shape index (κ3) is 3.04. The Hall–Kier alpha value is -1.61. The van der Waals surface area contributed by atoms with Crippen molar-refractivity contribution in [3.05, 3.63) is 42.0 Å². The molecule has 3 heterocycles. The predicted molar refractivity (Wildman–Crippen MR) is 76.6 cm³/mol. The lowest BCUT2D eigenvalue weighted by Crippen LogP contribution is -2.57. The van der Waals surface area contributed by atoms with Gasteiger partial charge in [0.15, 0.2) is 0 Å². The number of nitrogens with one attached hydrogen (secondary N) is 1. The summed E-state index contributed by atoms with van der Waals surface area (Å²) in [5, 5.41) is 3.15. The van der Waals surface area contributed by atoms with Gasteiger partial charge in [-0.05, 0) is 43.5 Å². The fourth-order valence-electron chi connectivity index (χ4n) is 3.10. The molecule has 19 heavy (non-hydrogen) atoms. The third-order valence-electron chi connectivity index (χ3n) is 4.21. The number of carbonyl (C=O) groups excluding carboxylic acids is 1. The molecule has 2 bridgehead atoms. The maximum atomic E-state index is 11.9. The van der Waals surface area contributed by atoms with Crippen LogP contribution in [0.15, 0.2) is 36.4 Å². The Labute approximate surface area is 114 Å². The maximum absolute atomic E-state index is 11.9. The van der Waals surface area contributed by atoms with E-state index in [1.54, 1.807) is 6.08 Å². The van der Waals surface area contributed by atoms with Gasteiger partial charge in [0.25, 0.3) is 0 Å². The summed E-state index contributed by atoms with van der Waals surface area (Å²) in [6, 6.07) is 10.3. The maximum Gasteiger partial charge on any atom is 0.244 e. The van der Waals surface area contributed by atoms with Crippen LogP contribution in [0.5, 0.6) is 0 Å². The van der Waals surface area contributed by atoms with Crippen LogP contribution in [0.4, 0.5) is 0 Å². The molecular weight excluding hydrogens is 236 g/mol. The first-order chi connectivity index (χ1) is 9.31. The molecule has 3 saturated heterocycles. The van der Waals surface area contributed by atoms with Gasteiger partial charge in [0.1, 0.15) is 0 Å². The molecule has 0 aromatic heterocycles. The van der Waals surface area contributed by atoms with Gasteiger partial charge in [-0.1, -0.05) is 30.3 Å². The van der Waals surface area contributed by atoms with E-state index in [2.05, 4.69) is 10.2 Å². The van der Waals surface area contributed by atoms with Crippen LogP contribution in [0, 0.1) is 5.92 Å². The number of piperidine rings is 3. The van der Waals surface area contributed by atoms with E-state index in [-0.39, 0.29) is 5.91 Å². The van der Waals surface area contributed by atoms with E-state index in [1.807, 2.05) is 36.4 Å². The highest BCUT2D eigenvalue weighted by Gasteiger charge is 2.34. The number of fused-ring (bicyclic) bond motifs is 3. The number of benzene rings is 1. The largest absolute Gasteiger partial charge is 0.348 e. The van der Waals surface area contributed by atoms with Gasteiger partial charge in [-0.15, -0.1) is 0 Å². The second kappa shape index (κ2) is 5.57. The van der Waals surface area contributed by atoms with Crippen LogP contribution < -0.4 is 5.32 Å². The monoisotopic (exact) mass is 256 g/mol. The van der Waals surface area contributed by atoms with Crippen molar-refractivity contribution in [2.24, 2.45) is 5.92 Å². The van der Waals surface area contributed by atoms with E-state index < -0.39 is 0 Å². The minimum Gasteiger partial charge on any atom is -0.348 e. The first kappa shape index (κ1) is 12.4. The summed E-state index contributed by atoms with van der Waals surface area (Å²) in [6.07, 6.45) is 5.98. The number of rotatable bonds is 3. The molecule has 0 unspecified atom stereocenters. The van der Waals surface area contributed by atoms with Crippen molar-refractivity contribution in [1.29, 1.82) is 0 Å². The number of carbonyl (C=O) groups is 1. The van der Waals surface area contributed by atoms with Gasteiger partial charge in [-0.3, -0.25) is 4.79 Å². The number of amides is 1. The Morgan fingerprint density at radius 2 is 1.95 bits per heavy atom. The molecule has 1 atom stereocenters. The molecule has 1 aromatic carbocycles. The van der Waals surface area contributed by atoms with E-state index in [0.29, 0.717) is 12.0 Å². The van der Waals surface area contributed by atoms with Crippen LogP contribution in [-0.2, 0) is 4.79 Å². The molecule has 1 amide bonds. The Morgan fingerprint density at radius 3 is 2.58 bits per heavy atom. The molecule has 3 heteroatoms. The van der Waals surface area contributed by atoms with Gasteiger partial charge >= 0.3 is 0 Å². The highest BCUT2D eigenvalue weighted by Crippen LogP contribution is 2.27.